The van der Waals surface area contributed by atoms with Gasteiger partial charge in [-0.3, -0.25) is 9.36 Å². The fourth-order valence-corrected chi connectivity index (χ4v) is 9.64. The van der Waals surface area contributed by atoms with E-state index in [9.17, 15) is 20.0 Å². The van der Waals surface area contributed by atoms with E-state index in [4.69, 9.17) is 16.6 Å². The topological polar surface area (TPSA) is 121 Å². The molecule has 0 aliphatic heterocycles. The van der Waals surface area contributed by atoms with Crippen molar-refractivity contribution in [1.29, 1.82) is 5.26 Å². The zero-order valence-electron chi connectivity index (χ0n) is 19.8. The lowest BCUT2D eigenvalue weighted by Crippen LogP contribution is -3.11. The molecule has 0 unspecified atom stereocenters. The third-order valence-electron chi connectivity index (χ3n) is 10.5. The van der Waals surface area contributed by atoms with Gasteiger partial charge in [0.15, 0.2) is 5.69 Å². The van der Waals surface area contributed by atoms with E-state index in [0.29, 0.717) is 52.1 Å². The van der Waals surface area contributed by atoms with Crippen molar-refractivity contribution in [1.82, 2.24) is 14.5 Å². The molecule has 9 rings (SSSR count). The van der Waals surface area contributed by atoms with Crippen molar-refractivity contribution in [2.24, 2.45) is 48.0 Å². The molecule has 36 heavy (non-hydrogen) atoms. The molecule has 3 aromatic rings. The average Bonchev–Trinajstić information content (AvgIpc) is 2.86. The van der Waals surface area contributed by atoms with Gasteiger partial charge in [-0.05, 0) is 73.1 Å². The largest absolute Gasteiger partial charge is 0.476 e. The number of aryl methyl sites for hydroxylation is 1. The maximum atomic E-state index is 13.6. The first-order valence-electron chi connectivity index (χ1n) is 12.3. The Morgan fingerprint density at radius 2 is 1.86 bits per heavy atom. The van der Waals surface area contributed by atoms with Crippen molar-refractivity contribution >= 4 is 34.2 Å². The van der Waals surface area contributed by atoms with Gasteiger partial charge in [0.05, 0.1) is 34.1 Å². The van der Waals surface area contributed by atoms with Crippen LogP contribution in [0.25, 0.3) is 10.9 Å². The number of pyridine rings is 1. The number of nitrogens with zero attached hydrogens (tertiary/aromatic N) is 4. The SMILES string of the molecule is Cc1cc([C@@H](C)Nc2ccc(Cl)nc2C(=O)O)c2nc(C34C5C6C3C3C4C5C63C#N)n(C)c(=O)c2c1. The van der Waals surface area contributed by atoms with Gasteiger partial charge < -0.3 is 10.4 Å². The number of fused-ring (bicyclic) bond motifs is 1. The molecule has 0 spiro atoms. The van der Waals surface area contributed by atoms with Crippen LogP contribution in [0.2, 0.25) is 5.15 Å². The van der Waals surface area contributed by atoms with Crippen LogP contribution in [0.3, 0.4) is 0 Å². The number of hydrogen-bond donors (Lipinski definition) is 2. The van der Waals surface area contributed by atoms with Crippen LogP contribution in [0.1, 0.15) is 40.4 Å². The van der Waals surface area contributed by atoms with Crippen molar-refractivity contribution in [2.75, 3.05) is 5.32 Å². The molecule has 6 saturated carbocycles. The van der Waals surface area contributed by atoms with Crippen molar-refractivity contribution < 1.29 is 9.90 Å². The number of nitriles is 1. The van der Waals surface area contributed by atoms with Gasteiger partial charge >= 0.3 is 5.97 Å². The van der Waals surface area contributed by atoms with E-state index in [0.717, 1.165) is 17.0 Å². The van der Waals surface area contributed by atoms with Gasteiger partial charge in [0, 0.05) is 18.0 Å². The highest BCUT2D eigenvalue weighted by Crippen LogP contribution is 3.09. The number of carbonyl (C=O) groups is 1. The normalized spacial score (nSPS) is 37.9. The Hall–Kier alpha value is -3.44. The number of carboxylic acids is 1. The molecule has 9 heteroatoms. The summed E-state index contributed by atoms with van der Waals surface area (Å²) in [7, 11) is 1.83. The summed E-state index contributed by atoms with van der Waals surface area (Å²) in [5.41, 5.74) is 2.47. The molecule has 2 aromatic heterocycles. The predicted octanol–water partition coefficient (Wildman–Crippen LogP) is 3.67. The first-order chi connectivity index (χ1) is 17.2. The zero-order valence-corrected chi connectivity index (χ0v) is 20.5. The minimum atomic E-state index is -1.18. The van der Waals surface area contributed by atoms with E-state index in [2.05, 4.69) is 16.4 Å². The van der Waals surface area contributed by atoms with Crippen molar-refractivity contribution in [3.63, 3.8) is 0 Å². The number of aromatic nitrogens is 3. The van der Waals surface area contributed by atoms with Gasteiger partial charge in [-0.25, -0.2) is 14.8 Å². The van der Waals surface area contributed by atoms with Crippen LogP contribution in [-0.4, -0.2) is 25.6 Å². The Labute approximate surface area is 210 Å². The van der Waals surface area contributed by atoms with Gasteiger partial charge in [-0.1, -0.05) is 17.7 Å². The fourth-order valence-electron chi connectivity index (χ4n) is 9.49. The molecule has 2 heterocycles. The van der Waals surface area contributed by atoms with Crippen LogP contribution in [0, 0.1) is 59.2 Å². The van der Waals surface area contributed by atoms with Crippen molar-refractivity contribution in [3.05, 3.63) is 62.4 Å². The average molecular weight is 500 g/mol. The van der Waals surface area contributed by atoms with Crippen LogP contribution >= 0.6 is 11.6 Å². The third-order valence-corrected chi connectivity index (χ3v) is 10.7. The quantitative estimate of drug-likeness (QED) is 0.513. The molecule has 2 N–H and O–H groups in total. The summed E-state index contributed by atoms with van der Waals surface area (Å²) >= 11 is 5.92. The third kappa shape index (κ3) is 1.78. The lowest BCUT2D eigenvalue weighted by molar-refractivity contribution is -0.612. The van der Waals surface area contributed by atoms with E-state index in [1.54, 1.807) is 16.7 Å². The smallest absolute Gasteiger partial charge is 0.356 e. The number of benzene rings is 1. The second-order valence-electron chi connectivity index (χ2n) is 11.4. The second kappa shape index (κ2) is 5.92. The monoisotopic (exact) mass is 499 g/mol. The second-order valence-corrected chi connectivity index (χ2v) is 11.8. The first-order valence-corrected chi connectivity index (χ1v) is 12.7. The van der Waals surface area contributed by atoms with Crippen LogP contribution in [0.4, 0.5) is 5.69 Å². The minimum Gasteiger partial charge on any atom is -0.476 e. The Morgan fingerprint density at radius 3 is 2.47 bits per heavy atom. The number of hydrogen-bond acceptors (Lipinski definition) is 6. The highest BCUT2D eigenvalue weighted by atomic mass is 35.5. The van der Waals surface area contributed by atoms with Gasteiger partial charge in [0.1, 0.15) is 11.0 Å². The summed E-state index contributed by atoms with van der Waals surface area (Å²) in [5.74, 6) is 2.68. The maximum Gasteiger partial charge on any atom is 0.356 e. The van der Waals surface area contributed by atoms with Crippen LogP contribution in [0.15, 0.2) is 29.1 Å². The van der Waals surface area contributed by atoms with Crippen LogP contribution in [0.5, 0.6) is 0 Å². The van der Waals surface area contributed by atoms with Gasteiger partial charge in [-0.2, -0.15) is 5.26 Å². The lowest BCUT2D eigenvalue weighted by atomic mass is 8.92. The molecule has 6 aliphatic rings. The highest BCUT2D eigenvalue weighted by Gasteiger charge is 3.11. The Balaban J connectivity index is 1.24. The number of rotatable bonds is 5. The summed E-state index contributed by atoms with van der Waals surface area (Å²) < 4.78 is 1.75. The molecule has 0 bridgehead atoms. The van der Waals surface area contributed by atoms with Crippen LogP contribution < -0.4 is 10.9 Å². The van der Waals surface area contributed by atoms with E-state index >= 15 is 0 Å². The van der Waals surface area contributed by atoms with E-state index < -0.39 is 5.97 Å². The first kappa shape index (κ1) is 20.7. The minimum absolute atomic E-state index is 0.0316. The predicted molar refractivity (Wildman–Crippen MR) is 131 cm³/mol. The molecule has 1 aromatic carbocycles. The lowest BCUT2D eigenvalue weighted by Gasteiger charge is -3.09. The molecule has 8 nitrogen and oxygen atoms in total. The number of halogens is 1. The summed E-state index contributed by atoms with van der Waals surface area (Å²) in [5, 5.41) is 23.3. The Morgan fingerprint density at radius 1 is 1.19 bits per heavy atom. The molecule has 1 atom stereocenters. The summed E-state index contributed by atoms with van der Waals surface area (Å²) in [4.78, 5) is 34.5. The van der Waals surface area contributed by atoms with Crippen molar-refractivity contribution in [2.45, 2.75) is 25.3 Å². The maximum absolute atomic E-state index is 13.6. The molecule has 0 amide bonds. The standard InChI is InChI=1S/C27H22ClN5O3/c1-9-6-11(10(2)30-13-4-5-14(28)31-22(13)24(35)36)21-12(7-9)23(34)33(3)25(32-21)27-18-15-19(27)17-20(27)16(18)26(15,17)8-29/h4-7,10,15-20,30H,1-3H3,(H,35,36)/t10-,15?,16?,17?,18?,19?,20?,26?,27?/m1/s1. The summed E-state index contributed by atoms with van der Waals surface area (Å²) in [6.45, 7) is 3.86. The summed E-state index contributed by atoms with van der Waals surface area (Å²) in [6, 6.07) is 9.32. The summed E-state index contributed by atoms with van der Waals surface area (Å²) in [6.07, 6.45) is 0. The van der Waals surface area contributed by atoms with Gasteiger partial charge in [-0.15, -0.1) is 0 Å². The highest BCUT2D eigenvalue weighted by molar-refractivity contribution is 6.29. The number of carboxylic acid groups (broad SMARTS) is 1. The van der Waals surface area contributed by atoms with E-state index in [-0.39, 0.29) is 33.3 Å². The Bertz CT molecular complexity index is 1650. The molecule has 6 fully saturated rings. The molecular weight excluding hydrogens is 478 g/mol. The fraction of sp³-hybridized carbons (Fsp3) is 0.444. The van der Waals surface area contributed by atoms with Gasteiger partial charge in [0.2, 0.25) is 0 Å². The Kier molecular flexibility index (Phi) is 3.41. The van der Waals surface area contributed by atoms with Crippen molar-refractivity contribution in [3.8, 4) is 6.07 Å². The number of anilines is 1. The van der Waals surface area contributed by atoms with Crippen LogP contribution in [-0.2, 0) is 12.5 Å². The number of aromatic carboxylic acids is 1. The van der Waals surface area contributed by atoms with E-state index in [1.807, 2.05) is 33.0 Å². The molecule has 0 saturated heterocycles. The molecule has 180 valence electrons. The van der Waals surface area contributed by atoms with Gasteiger partial charge in [0.25, 0.3) is 5.56 Å². The number of nitrogens with one attached hydrogen (secondary N) is 1. The zero-order chi connectivity index (χ0) is 25.0. The molecule has 0 radical (unpaired) electrons. The van der Waals surface area contributed by atoms with E-state index in [1.165, 1.54) is 0 Å². The molecule has 6 aliphatic carbocycles. The molecular formula is C27H22ClN5O3.